The van der Waals surface area contributed by atoms with E-state index in [-0.39, 0.29) is 22.1 Å². The maximum Gasteiger partial charge on any atom is 0.181 e. The number of hydrogen-bond acceptors (Lipinski definition) is 4. The summed E-state index contributed by atoms with van der Waals surface area (Å²) in [5.41, 5.74) is 0.990. The summed E-state index contributed by atoms with van der Waals surface area (Å²) in [5.74, 6) is 2.96. The first-order chi connectivity index (χ1) is 11.5. The summed E-state index contributed by atoms with van der Waals surface area (Å²) in [6.45, 7) is 6.90. The van der Waals surface area contributed by atoms with Gasteiger partial charge < -0.3 is 4.74 Å². The third kappa shape index (κ3) is 4.39. The van der Waals surface area contributed by atoms with E-state index in [1.165, 1.54) is 18.4 Å². The van der Waals surface area contributed by atoms with Crippen LogP contribution < -0.4 is 0 Å². The number of carbonyl (C=O) groups excluding carboxylic acids is 1. The fourth-order valence-corrected chi connectivity index (χ4v) is 6.27. The number of ketones is 1. The molecule has 4 heteroatoms. The van der Waals surface area contributed by atoms with Crippen molar-refractivity contribution >= 4 is 29.3 Å². The van der Waals surface area contributed by atoms with Gasteiger partial charge in [0.1, 0.15) is 0 Å². The van der Waals surface area contributed by atoms with Gasteiger partial charge in [-0.1, -0.05) is 57.5 Å². The van der Waals surface area contributed by atoms with E-state index in [2.05, 4.69) is 32.9 Å². The number of thioether (sulfide) groups is 2. The number of ether oxygens (including phenoxy) is 1. The van der Waals surface area contributed by atoms with Crippen LogP contribution in [0.15, 0.2) is 30.3 Å². The molecule has 1 saturated carbocycles. The van der Waals surface area contributed by atoms with Gasteiger partial charge in [0.15, 0.2) is 11.2 Å². The Morgan fingerprint density at radius 1 is 1.29 bits per heavy atom. The summed E-state index contributed by atoms with van der Waals surface area (Å²) in [5, 5.41) is 0. The van der Waals surface area contributed by atoms with Crippen molar-refractivity contribution in [2.45, 2.75) is 62.1 Å². The van der Waals surface area contributed by atoms with Gasteiger partial charge in [-0.25, -0.2) is 0 Å². The molecule has 1 saturated heterocycles. The standard InChI is InChI=1S/C20H28O2S2/c1-14-9-10-16-18(11-14)22-19(24-20(16,2)3)17(21)13-23-12-15-7-5-4-6-8-15/h4-8,14,16,18-19H,9-13H2,1-3H3/t14-,16+,18-,19-/m1/s1. The lowest BCUT2D eigenvalue weighted by molar-refractivity contribution is -0.131. The zero-order valence-corrected chi connectivity index (χ0v) is 16.5. The van der Waals surface area contributed by atoms with Crippen molar-refractivity contribution in [3.05, 3.63) is 35.9 Å². The normalized spacial score (nSPS) is 32.1. The molecule has 0 spiro atoms. The number of hydrogen-bond donors (Lipinski definition) is 0. The quantitative estimate of drug-likeness (QED) is 0.721. The first-order valence-electron chi connectivity index (χ1n) is 8.93. The van der Waals surface area contributed by atoms with Crippen molar-refractivity contribution in [2.24, 2.45) is 11.8 Å². The zero-order chi connectivity index (χ0) is 17.2. The van der Waals surface area contributed by atoms with E-state index in [1.54, 1.807) is 23.5 Å². The van der Waals surface area contributed by atoms with E-state index in [1.807, 2.05) is 18.2 Å². The Bertz CT molecular complexity index is 558. The van der Waals surface area contributed by atoms with E-state index >= 15 is 0 Å². The summed E-state index contributed by atoms with van der Waals surface area (Å²) in [7, 11) is 0. The van der Waals surface area contributed by atoms with E-state index in [9.17, 15) is 4.79 Å². The van der Waals surface area contributed by atoms with Crippen LogP contribution in [-0.2, 0) is 15.3 Å². The Labute approximate surface area is 154 Å². The van der Waals surface area contributed by atoms with Crippen molar-refractivity contribution in [1.29, 1.82) is 0 Å². The smallest absolute Gasteiger partial charge is 0.181 e. The van der Waals surface area contributed by atoms with Crippen LogP contribution in [0.3, 0.4) is 0 Å². The minimum absolute atomic E-state index is 0.132. The molecular weight excluding hydrogens is 336 g/mol. The van der Waals surface area contributed by atoms with Crippen molar-refractivity contribution in [2.75, 3.05) is 5.75 Å². The van der Waals surface area contributed by atoms with Gasteiger partial charge in [0.05, 0.1) is 11.9 Å². The SMILES string of the molecule is C[C@@H]1CC[C@H]2[C@@H](C1)O[C@@H](C(=O)CSCc1ccccc1)SC2(C)C. The Balaban J connectivity index is 1.55. The van der Waals surface area contributed by atoms with Crippen LogP contribution in [-0.4, -0.2) is 27.8 Å². The lowest BCUT2D eigenvalue weighted by atomic mass is 9.75. The maximum atomic E-state index is 12.7. The molecule has 0 aromatic heterocycles. The van der Waals surface area contributed by atoms with Crippen LogP contribution in [0.5, 0.6) is 0 Å². The second-order valence-electron chi connectivity index (χ2n) is 7.70. The van der Waals surface area contributed by atoms with E-state index in [4.69, 9.17) is 4.74 Å². The highest BCUT2D eigenvalue weighted by molar-refractivity contribution is 8.02. The van der Waals surface area contributed by atoms with Gasteiger partial charge in [-0.05, 0) is 30.2 Å². The molecule has 1 aliphatic carbocycles. The monoisotopic (exact) mass is 364 g/mol. The lowest BCUT2D eigenvalue weighted by Gasteiger charge is -2.49. The van der Waals surface area contributed by atoms with Crippen LogP contribution in [0.1, 0.15) is 45.6 Å². The molecule has 0 radical (unpaired) electrons. The molecule has 0 bridgehead atoms. The molecule has 0 N–H and O–H groups in total. The van der Waals surface area contributed by atoms with Crippen LogP contribution in [0, 0.1) is 11.8 Å². The number of benzene rings is 1. The minimum Gasteiger partial charge on any atom is -0.356 e. The second-order valence-corrected chi connectivity index (χ2v) is 10.4. The molecule has 24 heavy (non-hydrogen) atoms. The molecule has 4 atom stereocenters. The summed E-state index contributed by atoms with van der Waals surface area (Å²) in [6, 6.07) is 10.3. The molecule has 0 amide bonds. The molecule has 1 aromatic carbocycles. The first-order valence-corrected chi connectivity index (χ1v) is 11.0. The van der Waals surface area contributed by atoms with Crippen molar-refractivity contribution < 1.29 is 9.53 Å². The molecule has 0 unspecified atom stereocenters. The lowest BCUT2D eigenvalue weighted by Crippen LogP contribution is -2.50. The van der Waals surface area contributed by atoms with Gasteiger partial charge in [-0.2, -0.15) is 0 Å². The molecule has 2 fully saturated rings. The van der Waals surface area contributed by atoms with E-state index in [0.717, 1.165) is 12.2 Å². The average Bonchev–Trinajstić information content (AvgIpc) is 2.54. The van der Waals surface area contributed by atoms with Gasteiger partial charge in [-0.3, -0.25) is 4.79 Å². The molecule has 2 nitrogen and oxygen atoms in total. The fraction of sp³-hybridized carbons (Fsp3) is 0.650. The molecular formula is C20H28O2S2. The molecule has 1 heterocycles. The Hall–Kier alpha value is -0.450. The Morgan fingerprint density at radius 3 is 2.79 bits per heavy atom. The topological polar surface area (TPSA) is 26.3 Å². The third-order valence-electron chi connectivity index (χ3n) is 5.27. The molecule has 3 rings (SSSR count). The highest BCUT2D eigenvalue weighted by Gasteiger charge is 2.47. The van der Waals surface area contributed by atoms with Gasteiger partial charge in [0.2, 0.25) is 0 Å². The molecule has 2 aliphatic rings. The van der Waals surface area contributed by atoms with E-state index < -0.39 is 0 Å². The third-order valence-corrected chi connectivity index (χ3v) is 7.80. The number of Topliss-reactive ketones (excluding diaryl/α,β-unsaturated/α-hetero) is 1. The number of rotatable bonds is 5. The Morgan fingerprint density at radius 2 is 2.04 bits per heavy atom. The van der Waals surface area contributed by atoms with Gasteiger partial charge >= 0.3 is 0 Å². The minimum atomic E-state index is -0.283. The molecule has 1 aliphatic heterocycles. The maximum absolute atomic E-state index is 12.7. The van der Waals surface area contributed by atoms with Crippen LogP contribution >= 0.6 is 23.5 Å². The summed E-state index contributed by atoms with van der Waals surface area (Å²) < 4.78 is 6.39. The number of carbonyl (C=O) groups is 1. The number of fused-ring (bicyclic) bond motifs is 1. The van der Waals surface area contributed by atoms with Crippen LogP contribution in [0.2, 0.25) is 0 Å². The van der Waals surface area contributed by atoms with Gasteiger partial charge in [0, 0.05) is 10.5 Å². The Kier molecular flexibility index (Phi) is 5.99. The first kappa shape index (κ1) is 18.3. The zero-order valence-electron chi connectivity index (χ0n) is 14.9. The predicted molar refractivity (Wildman–Crippen MR) is 104 cm³/mol. The van der Waals surface area contributed by atoms with Crippen molar-refractivity contribution in [3.63, 3.8) is 0 Å². The summed E-state index contributed by atoms with van der Waals surface area (Å²) in [4.78, 5) is 12.7. The van der Waals surface area contributed by atoms with Gasteiger partial charge in [-0.15, -0.1) is 23.5 Å². The van der Waals surface area contributed by atoms with Gasteiger partial charge in [0.25, 0.3) is 0 Å². The van der Waals surface area contributed by atoms with E-state index in [0.29, 0.717) is 17.6 Å². The van der Waals surface area contributed by atoms with Crippen LogP contribution in [0.4, 0.5) is 0 Å². The van der Waals surface area contributed by atoms with Crippen LogP contribution in [0.25, 0.3) is 0 Å². The highest BCUT2D eigenvalue weighted by Crippen LogP contribution is 2.50. The largest absolute Gasteiger partial charge is 0.356 e. The predicted octanol–water partition coefficient (Wildman–Crippen LogP) is 5.16. The molecule has 132 valence electrons. The fourth-order valence-electron chi connectivity index (χ4n) is 3.88. The highest BCUT2D eigenvalue weighted by atomic mass is 32.2. The van der Waals surface area contributed by atoms with Crippen molar-refractivity contribution in [1.82, 2.24) is 0 Å². The second kappa shape index (κ2) is 7.84. The molecule has 1 aromatic rings. The summed E-state index contributed by atoms with van der Waals surface area (Å²) in [6.07, 6.45) is 3.89. The average molecular weight is 365 g/mol. The summed E-state index contributed by atoms with van der Waals surface area (Å²) >= 11 is 3.44. The van der Waals surface area contributed by atoms with Crippen molar-refractivity contribution in [3.8, 4) is 0 Å².